The molecule has 0 heterocycles. The van der Waals surface area contributed by atoms with Gasteiger partial charge in [0.1, 0.15) is 0 Å². The number of methoxy groups -OCH3 is 1. The van der Waals surface area contributed by atoms with Gasteiger partial charge in [-0.05, 0) is 32.9 Å². The molecule has 0 spiro atoms. The van der Waals surface area contributed by atoms with Crippen LogP contribution in [-0.2, 0) is 0 Å². The third kappa shape index (κ3) is 2.67. The number of hydrogen-bond acceptors (Lipinski definition) is 3. The number of hydrogen-bond donors (Lipinski definition) is 0. The summed E-state index contributed by atoms with van der Waals surface area (Å²) >= 11 is 5.98. The second-order valence-corrected chi connectivity index (χ2v) is 4.08. The molecule has 0 aromatic heterocycles. The van der Waals surface area contributed by atoms with E-state index in [2.05, 4.69) is 0 Å². The van der Waals surface area contributed by atoms with Crippen LogP contribution in [0.3, 0.4) is 0 Å². The molecule has 0 aliphatic carbocycles. The molecule has 3 nitrogen and oxygen atoms in total. The van der Waals surface area contributed by atoms with Gasteiger partial charge in [0.2, 0.25) is 0 Å². The lowest BCUT2D eigenvalue weighted by molar-refractivity contribution is 0.101. The number of ether oxygens (including phenoxy) is 2. The average molecular weight is 243 g/mol. The summed E-state index contributed by atoms with van der Waals surface area (Å²) in [5.41, 5.74) is 0.370. The van der Waals surface area contributed by atoms with Crippen molar-refractivity contribution in [3.8, 4) is 11.5 Å². The topological polar surface area (TPSA) is 35.5 Å². The highest BCUT2D eigenvalue weighted by Crippen LogP contribution is 2.36. The molecular weight excluding hydrogens is 228 g/mol. The molecular formula is C12H15ClO3. The van der Waals surface area contributed by atoms with E-state index in [1.165, 1.54) is 14.0 Å². The maximum Gasteiger partial charge on any atom is 0.173 e. The van der Waals surface area contributed by atoms with E-state index in [1.54, 1.807) is 12.1 Å². The van der Waals surface area contributed by atoms with Crippen molar-refractivity contribution in [2.75, 3.05) is 7.11 Å². The molecule has 0 unspecified atom stereocenters. The fraction of sp³-hybridized carbons (Fsp3) is 0.417. The Morgan fingerprint density at radius 1 is 1.38 bits per heavy atom. The van der Waals surface area contributed by atoms with Gasteiger partial charge in [-0.15, -0.1) is 0 Å². The molecule has 0 bridgehead atoms. The number of benzene rings is 1. The van der Waals surface area contributed by atoms with Crippen molar-refractivity contribution in [2.45, 2.75) is 26.9 Å². The van der Waals surface area contributed by atoms with E-state index in [9.17, 15) is 4.79 Å². The number of carbonyl (C=O) groups excluding carboxylic acids is 1. The summed E-state index contributed by atoms with van der Waals surface area (Å²) in [6.07, 6.45) is -0.0505. The minimum Gasteiger partial charge on any atom is -0.493 e. The van der Waals surface area contributed by atoms with Gasteiger partial charge in [0.15, 0.2) is 17.3 Å². The van der Waals surface area contributed by atoms with Gasteiger partial charge in [-0.2, -0.15) is 0 Å². The van der Waals surface area contributed by atoms with Crippen LogP contribution in [0.2, 0.25) is 5.02 Å². The predicted octanol–water partition coefficient (Wildman–Crippen LogP) is 3.34. The number of Topliss-reactive ketones (excluding diaryl/α,β-unsaturated/α-hetero) is 1. The van der Waals surface area contributed by atoms with Crippen molar-refractivity contribution in [1.82, 2.24) is 0 Å². The number of halogens is 1. The van der Waals surface area contributed by atoms with Crippen LogP contribution in [0.5, 0.6) is 11.5 Å². The Balaban J connectivity index is 3.36. The van der Waals surface area contributed by atoms with Gasteiger partial charge >= 0.3 is 0 Å². The molecule has 0 aliphatic heterocycles. The Morgan fingerprint density at radius 2 is 2.00 bits per heavy atom. The van der Waals surface area contributed by atoms with Gasteiger partial charge in [-0.1, -0.05) is 11.6 Å². The van der Waals surface area contributed by atoms with Crippen LogP contribution in [0.25, 0.3) is 0 Å². The third-order valence-electron chi connectivity index (χ3n) is 2.00. The molecule has 0 fully saturated rings. The molecule has 0 amide bonds. The molecule has 1 aromatic rings. The Labute approximate surface area is 100 Å². The Hall–Kier alpha value is -1.22. The van der Waals surface area contributed by atoms with Crippen LogP contribution in [0.15, 0.2) is 12.1 Å². The van der Waals surface area contributed by atoms with Crippen molar-refractivity contribution in [1.29, 1.82) is 0 Å². The first kappa shape index (κ1) is 12.8. The van der Waals surface area contributed by atoms with Crippen molar-refractivity contribution in [3.05, 3.63) is 22.7 Å². The van der Waals surface area contributed by atoms with Crippen molar-refractivity contribution >= 4 is 17.4 Å². The summed E-state index contributed by atoms with van der Waals surface area (Å²) in [4.78, 5) is 11.5. The molecule has 0 saturated carbocycles. The summed E-state index contributed by atoms with van der Waals surface area (Å²) in [5.74, 6) is 0.792. The molecule has 0 radical (unpaired) electrons. The third-order valence-corrected chi connectivity index (χ3v) is 2.31. The van der Waals surface area contributed by atoms with Crippen molar-refractivity contribution in [2.24, 2.45) is 0 Å². The minimum absolute atomic E-state index is 0.0505. The fourth-order valence-electron chi connectivity index (χ4n) is 1.38. The van der Waals surface area contributed by atoms with Gasteiger partial charge < -0.3 is 9.47 Å². The number of carbonyl (C=O) groups is 1. The first-order chi connectivity index (χ1) is 7.47. The summed E-state index contributed by atoms with van der Waals surface area (Å²) < 4.78 is 10.7. The van der Waals surface area contributed by atoms with Gasteiger partial charge in [0.05, 0.1) is 23.8 Å². The van der Waals surface area contributed by atoms with Crippen LogP contribution in [0.4, 0.5) is 0 Å². The van der Waals surface area contributed by atoms with Crippen molar-refractivity contribution < 1.29 is 14.3 Å². The van der Waals surface area contributed by atoms with Gasteiger partial charge in [-0.3, -0.25) is 4.79 Å². The predicted molar refractivity (Wildman–Crippen MR) is 63.8 cm³/mol. The Kier molecular flexibility index (Phi) is 4.19. The maximum absolute atomic E-state index is 11.5. The largest absolute Gasteiger partial charge is 0.493 e. The lowest BCUT2D eigenvalue weighted by atomic mass is 10.1. The first-order valence-corrected chi connectivity index (χ1v) is 5.39. The monoisotopic (exact) mass is 242 g/mol. The van der Waals surface area contributed by atoms with E-state index in [4.69, 9.17) is 21.1 Å². The van der Waals surface area contributed by atoms with E-state index in [0.29, 0.717) is 22.1 Å². The van der Waals surface area contributed by atoms with Gasteiger partial charge in [0.25, 0.3) is 0 Å². The van der Waals surface area contributed by atoms with Gasteiger partial charge in [0, 0.05) is 0 Å². The second-order valence-electron chi connectivity index (χ2n) is 3.68. The molecule has 16 heavy (non-hydrogen) atoms. The average Bonchev–Trinajstić information content (AvgIpc) is 2.16. The van der Waals surface area contributed by atoms with Crippen LogP contribution >= 0.6 is 11.6 Å². The highest BCUT2D eigenvalue weighted by molar-refractivity contribution is 6.34. The van der Waals surface area contributed by atoms with Crippen molar-refractivity contribution in [3.63, 3.8) is 0 Å². The molecule has 88 valence electrons. The lowest BCUT2D eigenvalue weighted by Gasteiger charge is -2.17. The van der Waals surface area contributed by atoms with E-state index >= 15 is 0 Å². The zero-order valence-electron chi connectivity index (χ0n) is 9.83. The van der Waals surface area contributed by atoms with Gasteiger partial charge in [-0.25, -0.2) is 0 Å². The van der Waals surface area contributed by atoms with E-state index in [1.807, 2.05) is 13.8 Å². The molecule has 0 saturated heterocycles. The molecule has 0 atom stereocenters. The maximum atomic E-state index is 11.5. The highest BCUT2D eigenvalue weighted by Gasteiger charge is 2.19. The summed E-state index contributed by atoms with van der Waals surface area (Å²) in [5, 5.41) is 0.379. The first-order valence-electron chi connectivity index (χ1n) is 5.01. The Bertz CT molecular complexity index is 399. The van der Waals surface area contributed by atoms with Crippen LogP contribution in [0, 0.1) is 0 Å². The molecule has 4 heteroatoms. The van der Waals surface area contributed by atoms with E-state index in [-0.39, 0.29) is 11.9 Å². The zero-order chi connectivity index (χ0) is 12.3. The van der Waals surface area contributed by atoms with Crippen LogP contribution in [0.1, 0.15) is 31.1 Å². The van der Waals surface area contributed by atoms with E-state index in [0.717, 1.165) is 0 Å². The molecule has 1 aromatic carbocycles. The Morgan fingerprint density at radius 3 is 2.44 bits per heavy atom. The molecule has 1 rings (SSSR count). The summed E-state index contributed by atoms with van der Waals surface area (Å²) in [7, 11) is 1.53. The standard InChI is InChI=1S/C12H15ClO3/c1-7(2)16-12-10(15-4)6-5-9(13)11(12)8(3)14/h5-7H,1-4H3. The fourth-order valence-corrected chi connectivity index (χ4v) is 1.66. The SMILES string of the molecule is COc1ccc(Cl)c(C(C)=O)c1OC(C)C. The van der Waals surface area contributed by atoms with Crippen LogP contribution in [-0.4, -0.2) is 19.0 Å². The smallest absolute Gasteiger partial charge is 0.173 e. The van der Waals surface area contributed by atoms with Crippen LogP contribution < -0.4 is 9.47 Å². The van der Waals surface area contributed by atoms with E-state index < -0.39 is 0 Å². The summed E-state index contributed by atoms with van der Waals surface area (Å²) in [6.45, 7) is 5.21. The molecule has 0 N–H and O–H groups in total. The minimum atomic E-state index is -0.139. The summed E-state index contributed by atoms with van der Waals surface area (Å²) in [6, 6.07) is 3.32. The second kappa shape index (κ2) is 5.21. The zero-order valence-corrected chi connectivity index (χ0v) is 10.6. The molecule has 0 aliphatic rings. The quantitative estimate of drug-likeness (QED) is 0.760. The lowest BCUT2D eigenvalue weighted by Crippen LogP contribution is -2.10. The number of rotatable bonds is 4. The number of ketones is 1. The normalized spacial score (nSPS) is 10.4. The highest BCUT2D eigenvalue weighted by atomic mass is 35.5.